The van der Waals surface area contributed by atoms with Gasteiger partial charge in [-0.3, -0.25) is 0 Å². The zero-order valence-corrected chi connectivity index (χ0v) is 15.8. The lowest BCUT2D eigenvalue weighted by Crippen LogP contribution is -2.03. The normalized spacial score (nSPS) is 13.3. The van der Waals surface area contributed by atoms with Crippen molar-refractivity contribution in [2.75, 3.05) is 0 Å². The first-order chi connectivity index (χ1) is 12.3. The van der Waals surface area contributed by atoms with Gasteiger partial charge in [-0.25, -0.2) is 0 Å². The van der Waals surface area contributed by atoms with Gasteiger partial charge in [0.05, 0.1) is 0 Å². The van der Waals surface area contributed by atoms with Gasteiger partial charge in [-0.2, -0.15) is 0 Å². The molecule has 0 aliphatic heterocycles. The maximum absolute atomic E-state index is 3.90. The second-order valence-corrected chi connectivity index (χ2v) is 7.47. The average Bonchev–Trinajstić information content (AvgIpc) is 3.03. The average molecular weight is 333 g/mol. The quantitative estimate of drug-likeness (QED) is 0.264. The summed E-state index contributed by atoms with van der Waals surface area (Å²) in [7, 11) is 0. The van der Waals surface area contributed by atoms with Crippen molar-refractivity contribution in [3.63, 3.8) is 0 Å². The molecule has 0 saturated carbocycles. The van der Waals surface area contributed by atoms with Crippen LogP contribution in [0, 0.1) is 0 Å². The standard InChI is InChI=1S/C25H32/c1-3-5-7-9-14-20(13-8-6-4-2)22-17-12-18-24-23-16-11-10-15-21(23)19-25(22)24/h4,10-12,15-18,20H,2-3,5-9,13-14,19H2,1H3. The highest BCUT2D eigenvalue weighted by atomic mass is 14.3. The Morgan fingerprint density at radius 3 is 2.56 bits per heavy atom. The number of hydrogen-bond donors (Lipinski definition) is 0. The highest BCUT2D eigenvalue weighted by Gasteiger charge is 2.23. The van der Waals surface area contributed by atoms with Gasteiger partial charge < -0.3 is 0 Å². The molecule has 3 rings (SSSR count). The van der Waals surface area contributed by atoms with E-state index in [-0.39, 0.29) is 0 Å². The van der Waals surface area contributed by atoms with E-state index >= 15 is 0 Å². The molecule has 0 radical (unpaired) electrons. The molecule has 132 valence electrons. The minimum Gasteiger partial charge on any atom is -0.103 e. The van der Waals surface area contributed by atoms with Gasteiger partial charge in [-0.15, -0.1) is 6.58 Å². The van der Waals surface area contributed by atoms with Crippen LogP contribution in [0.3, 0.4) is 0 Å². The van der Waals surface area contributed by atoms with Crippen molar-refractivity contribution in [3.05, 3.63) is 71.8 Å². The molecule has 0 nitrogen and oxygen atoms in total. The van der Waals surface area contributed by atoms with Gasteiger partial charge in [0, 0.05) is 0 Å². The summed E-state index contributed by atoms with van der Waals surface area (Å²) in [6.07, 6.45) is 13.7. The third-order valence-electron chi connectivity index (χ3n) is 5.69. The third kappa shape index (κ3) is 4.24. The Morgan fingerprint density at radius 2 is 1.72 bits per heavy atom. The van der Waals surface area contributed by atoms with Crippen LogP contribution >= 0.6 is 0 Å². The van der Waals surface area contributed by atoms with Crippen LogP contribution in [0.15, 0.2) is 55.1 Å². The fourth-order valence-electron chi connectivity index (χ4n) is 4.35. The van der Waals surface area contributed by atoms with E-state index in [4.69, 9.17) is 0 Å². The molecule has 0 bridgehead atoms. The fraction of sp³-hybridized carbons (Fsp3) is 0.440. The van der Waals surface area contributed by atoms with Crippen molar-refractivity contribution >= 4 is 0 Å². The lowest BCUT2D eigenvalue weighted by molar-refractivity contribution is 0.512. The zero-order valence-electron chi connectivity index (χ0n) is 15.8. The van der Waals surface area contributed by atoms with Gasteiger partial charge in [0.1, 0.15) is 0 Å². The fourth-order valence-corrected chi connectivity index (χ4v) is 4.35. The molecule has 1 aliphatic carbocycles. The molecule has 2 aromatic carbocycles. The van der Waals surface area contributed by atoms with E-state index in [0.717, 1.165) is 12.8 Å². The van der Waals surface area contributed by atoms with E-state index in [9.17, 15) is 0 Å². The maximum Gasteiger partial charge on any atom is -0.00106 e. The summed E-state index contributed by atoms with van der Waals surface area (Å²) in [5.41, 5.74) is 7.66. The molecule has 0 fully saturated rings. The molecule has 0 N–H and O–H groups in total. The molecule has 1 atom stereocenters. The Hall–Kier alpha value is -1.82. The maximum atomic E-state index is 3.90. The van der Waals surface area contributed by atoms with Crippen LogP contribution in [0.4, 0.5) is 0 Å². The Labute approximate surface area is 154 Å². The summed E-state index contributed by atoms with van der Waals surface area (Å²) in [5.74, 6) is 0.709. The summed E-state index contributed by atoms with van der Waals surface area (Å²) >= 11 is 0. The van der Waals surface area contributed by atoms with Crippen LogP contribution < -0.4 is 0 Å². The van der Waals surface area contributed by atoms with Crippen LogP contribution in [0.5, 0.6) is 0 Å². The Balaban J connectivity index is 1.82. The third-order valence-corrected chi connectivity index (χ3v) is 5.69. The molecule has 0 heterocycles. The molecule has 0 aromatic heterocycles. The van der Waals surface area contributed by atoms with Crippen molar-refractivity contribution in [2.45, 2.75) is 70.6 Å². The van der Waals surface area contributed by atoms with E-state index in [1.165, 1.54) is 61.6 Å². The van der Waals surface area contributed by atoms with Crippen molar-refractivity contribution in [3.8, 4) is 11.1 Å². The predicted octanol–water partition coefficient (Wildman–Crippen LogP) is 7.67. The van der Waals surface area contributed by atoms with Crippen LogP contribution in [0.25, 0.3) is 11.1 Å². The minimum atomic E-state index is 0.709. The lowest BCUT2D eigenvalue weighted by Gasteiger charge is -2.21. The van der Waals surface area contributed by atoms with Crippen LogP contribution in [0.1, 0.15) is 80.9 Å². The van der Waals surface area contributed by atoms with Crippen molar-refractivity contribution in [1.29, 1.82) is 0 Å². The van der Waals surface area contributed by atoms with Crippen LogP contribution in [0.2, 0.25) is 0 Å². The second-order valence-electron chi connectivity index (χ2n) is 7.47. The smallest absolute Gasteiger partial charge is 0.00106 e. The number of allylic oxidation sites excluding steroid dienone is 1. The summed E-state index contributed by atoms with van der Waals surface area (Å²) in [5, 5.41) is 0. The number of hydrogen-bond acceptors (Lipinski definition) is 0. The number of benzene rings is 2. The summed E-state index contributed by atoms with van der Waals surface area (Å²) in [6.45, 7) is 6.20. The summed E-state index contributed by atoms with van der Waals surface area (Å²) in [4.78, 5) is 0. The van der Waals surface area contributed by atoms with Crippen LogP contribution in [-0.2, 0) is 6.42 Å². The Kier molecular flexibility index (Phi) is 6.50. The topological polar surface area (TPSA) is 0 Å². The van der Waals surface area contributed by atoms with Gasteiger partial charge in [0.15, 0.2) is 0 Å². The van der Waals surface area contributed by atoms with Gasteiger partial charge in [-0.1, -0.05) is 81.1 Å². The van der Waals surface area contributed by atoms with Crippen LogP contribution in [-0.4, -0.2) is 0 Å². The monoisotopic (exact) mass is 332 g/mol. The van der Waals surface area contributed by atoms with E-state index in [0.29, 0.717) is 5.92 Å². The molecule has 1 aliphatic rings. The molecular weight excluding hydrogens is 300 g/mol. The van der Waals surface area contributed by atoms with Gasteiger partial charge in [0.2, 0.25) is 0 Å². The molecule has 0 spiro atoms. The van der Waals surface area contributed by atoms with Gasteiger partial charge in [-0.05, 0) is 65.8 Å². The molecule has 0 amide bonds. The number of unbranched alkanes of at least 4 members (excludes halogenated alkanes) is 4. The first-order valence-electron chi connectivity index (χ1n) is 10.2. The Bertz CT molecular complexity index is 695. The number of rotatable bonds is 10. The van der Waals surface area contributed by atoms with E-state index in [1.54, 1.807) is 11.1 Å². The van der Waals surface area contributed by atoms with E-state index in [1.807, 2.05) is 0 Å². The van der Waals surface area contributed by atoms with Gasteiger partial charge >= 0.3 is 0 Å². The molecule has 25 heavy (non-hydrogen) atoms. The predicted molar refractivity (Wildman–Crippen MR) is 110 cm³/mol. The Morgan fingerprint density at radius 1 is 0.920 bits per heavy atom. The lowest BCUT2D eigenvalue weighted by atomic mass is 9.84. The van der Waals surface area contributed by atoms with E-state index < -0.39 is 0 Å². The number of fused-ring (bicyclic) bond motifs is 3. The first kappa shape index (κ1) is 18.0. The largest absolute Gasteiger partial charge is 0.103 e. The van der Waals surface area contributed by atoms with Crippen molar-refractivity contribution in [2.24, 2.45) is 0 Å². The van der Waals surface area contributed by atoms with Crippen molar-refractivity contribution < 1.29 is 0 Å². The van der Waals surface area contributed by atoms with Crippen molar-refractivity contribution in [1.82, 2.24) is 0 Å². The second kappa shape index (κ2) is 9.04. The first-order valence-corrected chi connectivity index (χ1v) is 10.2. The molecule has 0 heteroatoms. The molecule has 2 aromatic rings. The molecule has 1 unspecified atom stereocenters. The summed E-state index contributed by atoms with van der Waals surface area (Å²) in [6, 6.07) is 15.9. The SMILES string of the molecule is C=CCCCC(CCCCCC)c1cccc2c1Cc1ccccc1-2. The highest BCUT2D eigenvalue weighted by molar-refractivity contribution is 5.78. The minimum absolute atomic E-state index is 0.709. The van der Waals surface area contributed by atoms with E-state index in [2.05, 4.69) is 62.0 Å². The summed E-state index contributed by atoms with van der Waals surface area (Å²) < 4.78 is 0. The molecule has 0 saturated heterocycles. The zero-order chi connectivity index (χ0) is 17.5. The highest BCUT2D eigenvalue weighted by Crippen LogP contribution is 2.42. The van der Waals surface area contributed by atoms with Gasteiger partial charge in [0.25, 0.3) is 0 Å². The molecular formula is C25H32.